The molecule has 0 saturated carbocycles. The maximum absolute atomic E-state index is 2.38. The van der Waals surface area contributed by atoms with Crippen LogP contribution in [0.3, 0.4) is 0 Å². The van der Waals surface area contributed by atoms with Gasteiger partial charge in [0.05, 0.1) is 0 Å². The van der Waals surface area contributed by atoms with Gasteiger partial charge in [0, 0.05) is 5.92 Å². The van der Waals surface area contributed by atoms with Crippen LogP contribution in [0.25, 0.3) is 10.8 Å². The predicted molar refractivity (Wildman–Crippen MR) is 90.4 cm³/mol. The average molecular weight is 270 g/mol. The molecule has 0 radical (unpaired) electrons. The van der Waals surface area contributed by atoms with Crippen molar-refractivity contribution in [2.24, 2.45) is 0 Å². The maximum Gasteiger partial charge on any atom is 0.0281 e. The largest absolute Gasteiger partial charge is 0.0726 e. The molecular formula is C21H18. The van der Waals surface area contributed by atoms with Gasteiger partial charge in [-0.2, -0.15) is 0 Å². The van der Waals surface area contributed by atoms with Crippen LogP contribution in [0.5, 0.6) is 0 Å². The minimum atomic E-state index is 0.360. The summed E-state index contributed by atoms with van der Waals surface area (Å²) in [7, 11) is 0. The second-order valence-electron chi connectivity index (χ2n) is 5.94. The van der Waals surface area contributed by atoms with Crippen molar-refractivity contribution in [3.63, 3.8) is 0 Å². The topological polar surface area (TPSA) is 0 Å². The Morgan fingerprint density at radius 3 is 2.76 bits per heavy atom. The standard InChI is InChI=1S/C21H18/c1-15-13-17-8-3-5-11-20(21(17)14-15)19-12-6-9-16-7-2-4-10-18(16)19/h2-12,14,20H,13H2,1H3. The van der Waals surface area contributed by atoms with Crippen LogP contribution in [0.1, 0.15) is 24.8 Å². The van der Waals surface area contributed by atoms with Crippen molar-refractivity contribution in [3.05, 3.63) is 95.1 Å². The van der Waals surface area contributed by atoms with E-state index in [4.69, 9.17) is 0 Å². The number of hydrogen-bond acceptors (Lipinski definition) is 0. The first-order valence-electron chi connectivity index (χ1n) is 7.56. The first-order chi connectivity index (χ1) is 10.3. The van der Waals surface area contributed by atoms with Gasteiger partial charge in [0.25, 0.3) is 0 Å². The summed E-state index contributed by atoms with van der Waals surface area (Å²) in [6.07, 6.45) is 12.4. The van der Waals surface area contributed by atoms with Gasteiger partial charge in [0.1, 0.15) is 0 Å². The van der Waals surface area contributed by atoms with Gasteiger partial charge < -0.3 is 0 Å². The molecule has 4 rings (SSSR count). The summed E-state index contributed by atoms with van der Waals surface area (Å²) in [6.45, 7) is 2.23. The number of allylic oxidation sites excluding steroid dienone is 8. The predicted octanol–water partition coefficient (Wildman–Crippen LogP) is 5.70. The quantitative estimate of drug-likeness (QED) is 0.624. The van der Waals surface area contributed by atoms with Gasteiger partial charge in [-0.3, -0.25) is 0 Å². The van der Waals surface area contributed by atoms with E-state index in [0.29, 0.717) is 5.92 Å². The molecule has 1 atom stereocenters. The molecule has 0 aromatic heterocycles. The van der Waals surface area contributed by atoms with Crippen LogP contribution in [0.2, 0.25) is 0 Å². The minimum absolute atomic E-state index is 0.360. The van der Waals surface area contributed by atoms with Gasteiger partial charge in [0.2, 0.25) is 0 Å². The van der Waals surface area contributed by atoms with E-state index in [1.165, 1.54) is 33.1 Å². The lowest BCUT2D eigenvalue weighted by Crippen LogP contribution is -1.99. The first kappa shape index (κ1) is 12.4. The van der Waals surface area contributed by atoms with E-state index in [2.05, 4.69) is 79.8 Å². The monoisotopic (exact) mass is 270 g/mol. The van der Waals surface area contributed by atoms with Crippen LogP contribution in [0.4, 0.5) is 0 Å². The van der Waals surface area contributed by atoms with Crippen LogP contribution in [-0.2, 0) is 0 Å². The third-order valence-electron chi connectivity index (χ3n) is 4.45. The Bertz CT molecular complexity index is 823. The molecular weight excluding hydrogens is 252 g/mol. The maximum atomic E-state index is 2.38. The molecule has 0 fully saturated rings. The Morgan fingerprint density at radius 2 is 1.81 bits per heavy atom. The third-order valence-corrected chi connectivity index (χ3v) is 4.45. The molecule has 0 amide bonds. The van der Waals surface area contributed by atoms with Crippen molar-refractivity contribution < 1.29 is 0 Å². The van der Waals surface area contributed by atoms with E-state index in [-0.39, 0.29) is 0 Å². The molecule has 0 nitrogen and oxygen atoms in total. The number of fused-ring (bicyclic) bond motifs is 1. The fraction of sp³-hybridized carbons (Fsp3) is 0.143. The van der Waals surface area contributed by atoms with Crippen molar-refractivity contribution in [2.75, 3.05) is 0 Å². The summed E-state index contributed by atoms with van der Waals surface area (Å²) in [5.74, 6) is 0.360. The zero-order valence-electron chi connectivity index (χ0n) is 12.2. The number of rotatable bonds is 1. The van der Waals surface area contributed by atoms with Gasteiger partial charge in [0.15, 0.2) is 0 Å². The fourth-order valence-corrected chi connectivity index (χ4v) is 3.50. The van der Waals surface area contributed by atoms with E-state index in [1.807, 2.05) is 0 Å². The normalized spacial score (nSPS) is 20.6. The lowest BCUT2D eigenvalue weighted by molar-refractivity contribution is 1.03. The molecule has 1 unspecified atom stereocenters. The summed E-state index contributed by atoms with van der Waals surface area (Å²) in [4.78, 5) is 0. The molecule has 2 aromatic rings. The fourth-order valence-electron chi connectivity index (χ4n) is 3.50. The van der Waals surface area contributed by atoms with Crippen molar-refractivity contribution in [2.45, 2.75) is 19.3 Å². The molecule has 2 aliphatic carbocycles. The Labute approximate surface area is 125 Å². The van der Waals surface area contributed by atoms with Gasteiger partial charge in [-0.1, -0.05) is 78.4 Å². The number of benzene rings is 2. The highest BCUT2D eigenvalue weighted by Crippen LogP contribution is 2.40. The second kappa shape index (κ2) is 4.89. The molecule has 102 valence electrons. The first-order valence-corrected chi connectivity index (χ1v) is 7.56. The SMILES string of the molecule is CC1=CC2=C(C=CC=CC2c2cccc3ccccc23)C1. The molecule has 0 heteroatoms. The van der Waals surface area contributed by atoms with E-state index < -0.39 is 0 Å². The zero-order valence-corrected chi connectivity index (χ0v) is 12.2. The third kappa shape index (κ3) is 2.08. The lowest BCUT2D eigenvalue weighted by Gasteiger charge is -2.17. The molecule has 0 saturated heterocycles. The average Bonchev–Trinajstić information content (AvgIpc) is 2.77. The van der Waals surface area contributed by atoms with Crippen LogP contribution in [-0.4, -0.2) is 0 Å². The smallest absolute Gasteiger partial charge is 0.0281 e. The summed E-state index contributed by atoms with van der Waals surface area (Å²) >= 11 is 0. The highest BCUT2D eigenvalue weighted by atomic mass is 14.3. The molecule has 0 spiro atoms. The Morgan fingerprint density at radius 1 is 0.952 bits per heavy atom. The zero-order chi connectivity index (χ0) is 14.2. The Kier molecular flexibility index (Phi) is 2.89. The van der Waals surface area contributed by atoms with Crippen LogP contribution < -0.4 is 0 Å². The number of hydrogen-bond donors (Lipinski definition) is 0. The minimum Gasteiger partial charge on any atom is -0.0726 e. The van der Waals surface area contributed by atoms with Gasteiger partial charge in [-0.15, -0.1) is 0 Å². The lowest BCUT2D eigenvalue weighted by atomic mass is 9.86. The van der Waals surface area contributed by atoms with Crippen molar-refractivity contribution in [1.29, 1.82) is 0 Å². The summed E-state index contributed by atoms with van der Waals surface area (Å²) in [5, 5.41) is 2.68. The molecule has 2 aromatic carbocycles. The van der Waals surface area contributed by atoms with Gasteiger partial charge in [-0.05, 0) is 40.8 Å². The molecule has 0 bridgehead atoms. The van der Waals surface area contributed by atoms with Crippen molar-refractivity contribution in [3.8, 4) is 0 Å². The van der Waals surface area contributed by atoms with Crippen molar-refractivity contribution >= 4 is 10.8 Å². The van der Waals surface area contributed by atoms with Gasteiger partial charge in [-0.25, -0.2) is 0 Å². The van der Waals surface area contributed by atoms with Gasteiger partial charge >= 0.3 is 0 Å². The van der Waals surface area contributed by atoms with Crippen LogP contribution in [0, 0.1) is 0 Å². The molecule has 2 aliphatic rings. The van der Waals surface area contributed by atoms with Crippen molar-refractivity contribution in [1.82, 2.24) is 0 Å². The Balaban J connectivity index is 1.93. The summed E-state index contributed by atoms with van der Waals surface area (Å²) < 4.78 is 0. The Hall–Kier alpha value is -2.34. The van der Waals surface area contributed by atoms with E-state index in [9.17, 15) is 0 Å². The molecule has 0 N–H and O–H groups in total. The second-order valence-corrected chi connectivity index (χ2v) is 5.94. The summed E-state index contributed by atoms with van der Waals surface area (Å²) in [5.41, 5.74) is 5.81. The molecule has 0 aliphatic heterocycles. The van der Waals surface area contributed by atoms with Crippen LogP contribution >= 0.6 is 0 Å². The van der Waals surface area contributed by atoms with E-state index in [1.54, 1.807) is 0 Å². The van der Waals surface area contributed by atoms with E-state index in [0.717, 1.165) is 6.42 Å². The highest BCUT2D eigenvalue weighted by molar-refractivity contribution is 5.87. The molecule has 21 heavy (non-hydrogen) atoms. The molecule has 0 heterocycles. The van der Waals surface area contributed by atoms with Crippen LogP contribution in [0.15, 0.2) is 89.6 Å². The highest BCUT2D eigenvalue weighted by Gasteiger charge is 2.22. The van der Waals surface area contributed by atoms with E-state index >= 15 is 0 Å². The summed E-state index contributed by atoms with van der Waals surface area (Å²) in [6, 6.07) is 15.3.